The number of aliphatic hydroxyl groups is 1. The highest BCUT2D eigenvalue weighted by Gasteiger charge is 2.32. The Morgan fingerprint density at radius 2 is 2.13 bits per heavy atom. The summed E-state index contributed by atoms with van der Waals surface area (Å²) in [6, 6.07) is 0. The first-order valence-corrected chi connectivity index (χ1v) is 5.58. The fourth-order valence-corrected chi connectivity index (χ4v) is 2.06. The van der Waals surface area contributed by atoms with Crippen molar-refractivity contribution >= 4 is 5.96 Å². The van der Waals surface area contributed by atoms with Crippen molar-refractivity contribution in [2.24, 2.45) is 22.5 Å². The molecule has 15 heavy (non-hydrogen) atoms. The number of hydrogen-bond acceptors (Lipinski definition) is 3. The van der Waals surface area contributed by atoms with Crippen LogP contribution in [0, 0.1) is 5.92 Å². The third-order valence-corrected chi connectivity index (χ3v) is 3.30. The van der Waals surface area contributed by atoms with Gasteiger partial charge in [-0.25, -0.2) is 10.8 Å². The molecule has 0 aromatic rings. The van der Waals surface area contributed by atoms with Gasteiger partial charge in [0.1, 0.15) is 0 Å². The van der Waals surface area contributed by atoms with Gasteiger partial charge in [0.05, 0.1) is 12.1 Å². The van der Waals surface area contributed by atoms with Crippen molar-refractivity contribution in [3.05, 3.63) is 0 Å². The van der Waals surface area contributed by atoms with Crippen molar-refractivity contribution in [3.63, 3.8) is 0 Å². The molecule has 88 valence electrons. The van der Waals surface area contributed by atoms with E-state index in [0.717, 1.165) is 31.6 Å². The van der Waals surface area contributed by atoms with Crippen LogP contribution < -0.4 is 17.0 Å². The van der Waals surface area contributed by atoms with Crippen LogP contribution >= 0.6 is 0 Å². The Bertz CT molecular complexity index is 221. The number of aliphatic imine (C=N–C) groups is 1. The number of guanidine groups is 1. The van der Waals surface area contributed by atoms with Crippen molar-refractivity contribution in [3.8, 4) is 0 Å². The van der Waals surface area contributed by atoms with Crippen LogP contribution in [-0.4, -0.2) is 23.2 Å². The van der Waals surface area contributed by atoms with Gasteiger partial charge in [0.15, 0.2) is 0 Å². The molecule has 1 aliphatic rings. The van der Waals surface area contributed by atoms with Crippen molar-refractivity contribution in [2.75, 3.05) is 6.54 Å². The maximum Gasteiger partial charge on any atom is 0.203 e. The summed E-state index contributed by atoms with van der Waals surface area (Å²) in [4.78, 5) is 4.00. The highest BCUT2D eigenvalue weighted by Crippen LogP contribution is 2.33. The summed E-state index contributed by atoms with van der Waals surface area (Å²) >= 11 is 0. The van der Waals surface area contributed by atoms with Gasteiger partial charge in [-0.05, 0) is 31.6 Å². The van der Waals surface area contributed by atoms with Gasteiger partial charge in [-0.1, -0.05) is 13.3 Å². The number of nitrogens with one attached hydrogen (secondary N) is 1. The minimum atomic E-state index is -0.673. The normalized spacial score (nSPS) is 32.7. The van der Waals surface area contributed by atoms with E-state index in [-0.39, 0.29) is 5.96 Å². The highest BCUT2D eigenvalue weighted by molar-refractivity contribution is 5.77. The van der Waals surface area contributed by atoms with Crippen molar-refractivity contribution < 1.29 is 5.11 Å². The Balaban J connectivity index is 2.41. The maximum atomic E-state index is 10.2. The fourth-order valence-electron chi connectivity index (χ4n) is 2.06. The van der Waals surface area contributed by atoms with Crippen LogP contribution in [0.2, 0.25) is 0 Å². The maximum absolute atomic E-state index is 10.2. The molecule has 1 saturated carbocycles. The second kappa shape index (κ2) is 5.32. The van der Waals surface area contributed by atoms with E-state index < -0.39 is 5.60 Å². The molecular weight excluding hydrogens is 192 g/mol. The lowest BCUT2D eigenvalue weighted by molar-refractivity contribution is -0.000985. The van der Waals surface area contributed by atoms with Crippen LogP contribution in [0.1, 0.15) is 39.0 Å². The van der Waals surface area contributed by atoms with E-state index >= 15 is 0 Å². The predicted molar refractivity (Wildman–Crippen MR) is 61.0 cm³/mol. The second-order valence-electron chi connectivity index (χ2n) is 4.42. The summed E-state index contributed by atoms with van der Waals surface area (Å²) < 4.78 is 0. The Labute approximate surface area is 90.9 Å². The van der Waals surface area contributed by atoms with Gasteiger partial charge < -0.3 is 10.8 Å². The zero-order valence-corrected chi connectivity index (χ0v) is 9.37. The van der Waals surface area contributed by atoms with E-state index in [2.05, 4.69) is 17.3 Å². The molecule has 6 N–H and O–H groups in total. The zero-order chi connectivity index (χ0) is 11.3. The molecule has 0 heterocycles. The number of rotatable bonds is 3. The molecule has 5 heteroatoms. The molecule has 0 atom stereocenters. The minimum Gasteiger partial charge on any atom is -0.388 e. The molecule has 0 aromatic heterocycles. The summed E-state index contributed by atoms with van der Waals surface area (Å²) in [5.41, 5.74) is 6.99. The monoisotopic (exact) mass is 214 g/mol. The van der Waals surface area contributed by atoms with Gasteiger partial charge in [-0.15, -0.1) is 0 Å². The lowest BCUT2D eigenvalue weighted by atomic mass is 9.78. The summed E-state index contributed by atoms with van der Waals surface area (Å²) in [6.45, 7) is 2.54. The van der Waals surface area contributed by atoms with Crippen molar-refractivity contribution in [1.82, 2.24) is 5.43 Å². The SMILES string of the molecule is CCC1CCC(O)(CN=C(N)NN)CC1. The lowest BCUT2D eigenvalue weighted by Crippen LogP contribution is -2.41. The van der Waals surface area contributed by atoms with E-state index in [9.17, 15) is 5.11 Å². The van der Waals surface area contributed by atoms with Crippen LogP contribution in [0.25, 0.3) is 0 Å². The molecule has 0 aliphatic heterocycles. The Morgan fingerprint density at radius 1 is 1.53 bits per heavy atom. The van der Waals surface area contributed by atoms with Gasteiger partial charge in [-0.2, -0.15) is 0 Å². The first kappa shape index (κ1) is 12.3. The smallest absolute Gasteiger partial charge is 0.203 e. The molecule has 0 aromatic carbocycles. The van der Waals surface area contributed by atoms with Crippen LogP contribution in [0.15, 0.2) is 4.99 Å². The molecule has 0 saturated heterocycles. The summed E-state index contributed by atoms with van der Waals surface area (Å²) in [6.07, 6.45) is 4.99. The van der Waals surface area contributed by atoms with Crippen LogP contribution in [0.3, 0.4) is 0 Å². The molecular formula is C10H22N4O. The van der Waals surface area contributed by atoms with Gasteiger partial charge in [0, 0.05) is 0 Å². The van der Waals surface area contributed by atoms with Crippen LogP contribution in [0.4, 0.5) is 0 Å². The first-order valence-electron chi connectivity index (χ1n) is 5.58. The number of nitrogens with two attached hydrogens (primary N) is 2. The van der Waals surface area contributed by atoms with Gasteiger partial charge in [0.25, 0.3) is 0 Å². The topological polar surface area (TPSA) is 96.7 Å². The lowest BCUT2D eigenvalue weighted by Gasteiger charge is -2.34. The molecule has 5 nitrogen and oxygen atoms in total. The number of nitrogens with zero attached hydrogens (tertiary/aromatic N) is 1. The zero-order valence-electron chi connectivity index (χ0n) is 9.37. The summed E-state index contributed by atoms with van der Waals surface area (Å²) in [7, 11) is 0. The van der Waals surface area contributed by atoms with E-state index in [0.29, 0.717) is 6.54 Å². The van der Waals surface area contributed by atoms with Crippen molar-refractivity contribution in [1.29, 1.82) is 0 Å². The van der Waals surface area contributed by atoms with Gasteiger partial charge in [0.2, 0.25) is 5.96 Å². The molecule has 0 spiro atoms. The van der Waals surface area contributed by atoms with E-state index in [4.69, 9.17) is 11.6 Å². The van der Waals surface area contributed by atoms with Gasteiger partial charge in [-0.3, -0.25) is 5.43 Å². The molecule has 1 rings (SSSR count). The van der Waals surface area contributed by atoms with Gasteiger partial charge >= 0.3 is 0 Å². The third-order valence-electron chi connectivity index (χ3n) is 3.30. The average molecular weight is 214 g/mol. The fraction of sp³-hybridized carbons (Fsp3) is 0.900. The second-order valence-corrected chi connectivity index (χ2v) is 4.42. The van der Waals surface area contributed by atoms with E-state index in [1.807, 2.05) is 0 Å². The van der Waals surface area contributed by atoms with Crippen LogP contribution in [0.5, 0.6) is 0 Å². The molecule has 0 radical (unpaired) electrons. The largest absolute Gasteiger partial charge is 0.388 e. The number of hydrazine groups is 1. The summed E-state index contributed by atoms with van der Waals surface area (Å²) in [5, 5.41) is 10.2. The Hall–Kier alpha value is -0.810. The molecule has 1 fully saturated rings. The first-order chi connectivity index (χ1) is 7.09. The Kier molecular flexibility index (Phi) is 4.35. The number of hydrogen-bond donors (Lipinski definition) is 4. The van der Waals surface area contributed by atoms with E-state index in [1.54, 1.807) is 0 Å². The minimum absolute atomic E-state index is 0.182. The third kappa shape index (κ3) is 3.68. The molecule has 0 amide bonds. The predicted octanol–water partition coefficient (Wildman–Crippen LogP) is 0.0957. The highest BCUT2D eigenvalue weighted by atomic mass is 16.3. The molecule has 0 bridgehead atoms. The molecule has 1 aliphatic carbocycles. The average Bonchev–Trinajstić information content (AvgIpc) is 2.27. The quantitative estimate of drug-likeness (QED) is 0.232. The Morgan fingerprint density at radius 3 is 2.60 bits per heavy atom. The standard InChI is InChI=1S/C10H22N4O/c1-2-8-3-5-10(15,6-4-8)7-13-9(11)14-12/h8,15H,2-7,12H2,1H3,(H3,11,13,14). The summed E-state index contributed by atoms with van der Waals surface area (Å²) in [5.74, 6) is 6.03. The van der Waals surface area contributed by atoms with Crippen molar-refractivity contribution in [2.45, 2.75) is 44.6 Å². The van der Waals surface area contributed by atoms with E-state index in [1.165, 1.54) is 6.42 Å². The van der Waals surface area contributed by atoms with Crippen LogP contribution in [-0.2, 0) is 0 Å². The molecule has 0 unspecified atom stereocenters.